The molecule has 1 heterocycles. The third-order valence-corrected chi connectivity index (χ3v) is 5.64. The van der Waals surface area contributed by atoms with Crippen LogP contribution >= 0.6 is 12.6 Å². The Morgan fingerprint density at radius 2 is 2.10 bits per heavy atom. The van der Waals surface area contributed by atoms with Crippen LogP contribution in [0.4, 0.5) is 5.69 Å². The zero-order valence-corrected chi connectivity index (χ0v) is 17.5. The standard InChI is InChI=1S/C21H27N5O3S/c22-14(12-30)11-25-15-4-5-16-13(10-15)2-1-3-17(16)21(29)26-9-8-24-20(28)18(26)6-7-19(23)27/h1-5,10,14,18,25,30H,6-9,11-12,22H2,(H2,23,27)(H,24,28)/t14-,18+/m1/s1. The molecule has 3 rings (SSSR count). The molecule has 1 aliphatic rings. The van der Waals surface area contributed by atoms with Gasteiger partial charge in [0, 0.05) is 49.1 Å². The van der Waals surface area contributed by atoms with Crippen LogP contribution in [-0.4, -0.2) is 60.1 Å². The number of nitrogens with zero attached hydrogens (tertiary/aromatic N) is 1. The lowest BCUT2D eigenvalue weighted by Gasteiger charge is -2.35. The van der Waals surface area contributed by atoms with E-state index in [-0.39, 0.29) is 30.7 Å². The van der Waals surface area contributed by atoms with Crippen molar-refractivity contribution in [2.24, 2.45) is 11.5 Å². The van der Waals surface area contributed by atoms with Crippen LogP contribution in [0.3, 0.4) is 0 Å². The predicted molar refractivity (Wildman–Crippen MR) is 121 cm³/mol. The van der Waals surface area contributed by atoms with Crippen molar-refractivity contribution >= 4 is 46.8 Å². The van der Waals surface area contributed by atoms with Gasteiger partial charge in [-0.25, -0.2) is 0 Å². The Morgan fingerprint density at radius 1 is 1.30 bits per heavy atom. The number of primary amides is 1. The van der Waals surface area contributed by atoms with E-state index < -0.39 is 11.9 Å². The lowest BCUT2D eigenvalue weighted by Crippen LogP contribution is -2.57. The first-order valence-corrected chi connectivity index (χ1v) is 10.5. The lowest BCUT2D eigenvalue weighted by atomic mass is 10.00. The molecule has 0 saturated carbocycles. The zero-order chi connectivity index (χ0) is 21.7. The Balaban J connectivity index is 1.86. The number of hydrogen-bond acceptors (Lipinski definition) is 6. The highest BCUT2D eigenvalue weighted by atomic mass is 32.1. The second kappa shape index (κ2) is 9.82. The van der Waals surface area contributed by atoms with E-state index in [0.717, 1.165) is 16.5 Å². The number of amides is 3. The van der Waals surface area contributed by atoms with Crippen molar-refractivity contribution in [1.82, 2.24) is 10.2 Å². The molecule has 6 N–H and O–H groups in total. The van der Waals surface area contributed by atoms with E-state index in [1.54, 1.807) is 6.07 Å². The second-order valence-corrected chi connectivity index (χ2v) is 7.74. The van der Waals surface area contributed by atoms with Gasteiger partial charge in [-0.2, -0.15) is 12.6 Å². The summed E-state index contributed by atoms with van der Waals surface area (Å²) in [5, 5.41) is 7.73. The van der Waals surface area contributed by atoms with E-state index in [0.29, 0.717) is 31.0 Å². The van der Waals surface area contributed by atoms with Crippen LogP contribution in [0.1, 0.15) is 23.2 Å². The summed E-state index contributed by atoms with van der Waals surface area (Å²) < 4.78 is 0. The first-order chi connectivity index (χ1) is 14.4. The van der Waals surface area contributed by atoms with Crippen LogP contribution in [0.15, 0.2) is 36.4 Å². The van der Waals surface area contributed by atoms with Crippen molar-refractivity contribution in [2.75, 3.05) is 30.7 Å². The Labute approximate surface area is 180 Å². The second-order valence-electron chi connectivity index (χ2n) is 7.38. The molecule has 1 saturated heterocycles. The van der Waals surface area contributed by atoms with Crippen molar-refractivity contribution in [1.29, 1.82) is 0 Å². The number of nitrogens with two attached hydrogens (primary N) is 2. The normalized spacial score (nSPS) is 17.5. The fourth-order valence-corrected chi connectivity index (χ4v) is 3.70. The van der Waals surface area contributed by atoms with E-state index >= 15 is 0 Å². The number of piperazine rings is 1. The lowest BCUT2D eigenvalue weighted by molar-refractivity contribution is -0.128. The molecule has 8 nitrogen and oxygen atoms in total. The minimum atomic E-state index is -0.710. The van der Waals surface area contributed by atoms with E-state index in [9.17, 15) is 14.4 Å². The summed E-state index contributed by atoms with van der Waals surface area (Å²) in [6.07, 6.45) is 0.248. The summed E-state index contributed by atoms with van der Waals surface area (Å²) in [6.45, 7) is 1.35. The number of nitrogens with one attached hydrogen (secondary N) is 2. The van der Waals surface area contributed by atoms with Gasteiger partial charge in [-0.1, -0.05) is 18.2 Å². The Hall–Kier alpha value is -2.78. The molecule has 3 amide bonds. The van der Waals surface area contributed by atoms with Gasteiger partial charge < -0.3 is 27.0 Å². The van der Waals surface area contributed by atoms with Crippen molar-refractivity contribution in [2.45, 2.75) is 24.9 Å². The molecule has 0 aliphatic carbocycles. The molecule has 0 spiro atoms. The highest BCUT2D eigenvalue weighted by Crippen LogP contribution is 2.25. The maximum atomic E-state index is 13.3. The summed E-state index contributed by atoms with van der Waals surface area (Å²) in [6, 6.07) is 10.5. The van der Waals surface area contributed by atoms with Gasteiger partial charge in [0.25, 0.3) is 5.91 Å². The van der Waals surface area contributed by atoms with Gasteiger partial charge in [-0.3, -0.25) is 14.4 Å². The number of carbonyl (C=O) groups excluding carboxylic acids is 3. The summed E-state index contributed by atoms with van der Waals surface area (Å²) >= 11 is 4.19. The van der Waals surface area contributed by atoms with Crippen molar-refractivity contribution in [3.63, 3.8) is 0 Å². The number of carbonyl (C=O) groups is 3. The number of rotatable bonds is 8. The van der Waals surface area contributed by atoms with E-state index in [4.69, 9.17) is 11.5 Å². The monoisotopic (exact) mass is 429 g/mol. The summed E-state index contributed by atoms with van der Waals surface area (Å²) in [5.74, 6) is -0.408. The minimum absolute atomic E-state index is 0.0425. The predicted octanol–water partition coefficient (Wildman–Crippen LogP) is 0.715. The number of fused-ring (bicyclic) bond motifs is 1. The average molecular weight is 430 g/mol. The van der Waals surface area contributed by atoms with Gasteiger partial charge in [0.2, 0.25) is 11.8 Å². The molecule has 0 bridgehead atoms. The fraction of sp³-hybridized carbons (Fsp3) is 0.381. The highest BCUT2D eigenvalue weighted by Gasteiger charge is 2.34. The Bertz CT molecular complexity index is 951. The van der Waals surface area contributed by atoms with Gasteiger partial charge >= 0.3 is 0 Å². The fourth-order valence-electron chi connectivity index (χ4n) is 3.57. The van der Waals surface area contributed by atoms with E-state index in [1.807, 2.05) is 30.3 Å². The maximum Gasteiger partial charge on any atom is 0.255 e. The summed E-state index contributed by atoms with van der Waals surface area (Å²) in [7, 11) is 0. The number of thiol groups is 1. The molecule has 0 radical (unpaired) electrons. The molecule has 30 heavy (non-hydrogen) atoms. The molecule has 160 valence electrons. The van der Waals surface area contributed by atoms with Gasteiger partial charge in [0.15, 0.2) is 0 Å². The maximum absolute atomic E-state index is 13.3. The van der Waals surface area contributed by atoms with Crippen molar-refractivity contribution in [3.05, 3.63) is 42.0 Å². The van der Waals surface area contributed by atoms with Crippen LogP contribution in [0.25, 0.3) is 10.8 Å². The molecule has 0 aromatic heterocycles. The first kappa shape index (κ1) is 21.9. The van der Waals surface area contributed by atoms with E-state index in [2.05, 4.69) is 23.3 Å². The molecule has 0 unspecified atom stereocenters. The largest absolute Gasteiger partial charge is 0.383 e. The summed E-state index contributed by atoms with van der Waals surface area (Å²) in [5.41, 5.74) is 12.6. The Morgan fingerprint density at radius 3 is 2.83 bits per heavy atom. The van der Waals surface area contributed by atoms with Crippen LogP contribution in [0.5, 0.6) is 0 Å². The molecule has 1 aliphatic heterocycles. The number of anilines is 1. The number of benzene rings is 2. The third-order valence-electron chi connectivity index (χ3n) is 5.17. The quantitative estimate of drug-likeness (QED) is 0.395. The highest BCUT2D eigenvalue weighted by molar-refractivity contribution is 7.80. The van der Waals surface area contributed by atoms with E-state index in [1.165, 1.54) is 4.90 Å². The van der Waals surface area contributed by atoms with Crippen LogP contribution in [0.2, 0.25) is 0 Å². The van der Waals surface area contributed by atoms with Gasteiger partial charge in [0.05, 0.1) is 0 Å². The Kier molecular flexibility index (Phi) is 7.17. The molecule has 1 fully saturated rings. The van der Waals surface area contributed by atoms with Gasteiger partial charge in [-0.05, 0) is 35.4 Å². The molecule has 2 atom stereocenters. The molecule has 2 aromatic carbocycles. The molecule has 2 aromatic rings. The smallest absolute Gasteiger partial charge is 0.255 e. The van der Waals surface area contributed by atoms with Crippen molar-refractivity contribution < 1.29 is 14.4 Å². The topological polar surface area (TPSA) is 131 Å². The zero-order valence-electron chi connectivity index (χ0n) is 16.6. The average Bonchev–Trinajstić information content (AvgIpc) is 2.75. The molecular formula is C21H27N5O3S. The first-order valence-electron chi connectivity index (χ1n) is 9.90. The molecular weight excluding hydrogens is 402 g/mol. The van der Waals surface area contributed by atoms with Crippen LogP contribution < -0.4 is 22.1 Å². The van der Waals surface area contributed by atoms with Crippen LogP contribution in [-0.2, 0) is 9.59 Å². The summed E-state index contributed by atoms with van der Waals surface area (Å²) in [4.78, 5) is 38.4. The van der Waals surface area contributed by atoms with Gasteiger partial charge in [0.1, 0.15) is 6.04 Å². The third kappa shape index (κ3) is 5.03. The van der Waals surface area contributed by atoms with Crippen LogP contribution in [0, 0.1) is 0 Å². The van der Waals surface area contributed by atoms with Crippen molar-refractivity contribution in [3.8, 4) is 0 Å². The SMILES string of the molecule is NC(=O)CC[C@H]1C(=O)NCCN1C(=O)c1cccc2cc(NC[C@@H](N)CS)ccc12. The number of hydrogen-bond donors (Lipinski definition) is 5. The molecule has 9 heteroatoms. The van der Waals surface area contributed by atoms with Gasteiger partial charge in [-0.15, -0.1) is 0 Å². The minimum Gasteiger partial charge on any atom is -0.383 e.